The third-order valence-electron chi connectivity index (χ3n) is 5.09. The molecule has 1 heterocycles. The summed E-state index contributed by atoms with van der Waals surface area (Å²) in [6.45, 7) is 2.43. The van der Waals surface area contributed by atoms with Crippen LogP contribution in [0.5, 0.6) is 0 Å². The molecule has 0 N–H and O–H groups in total. The predicted molar refractivity (Wildman–Crippen MR) is 136 cm³/mol. The molecule has 4 rings (SSSR count). The smallest absolute Gasteiger partial charge is 0.336 e. The van der Waals surface area contributed by atoms with Crippen molar-refractivity contribution in [2.45, 2.75) is 13.3 Å². The van der Waals surface area contributed by atoms with Crippen LogP contribution in [0.15, 0.2) is 88.1 Å². The first-order valence-electron chi connectivity index (χ1n) is 10.2. The van der Waals surface area contributed by atoms with E-state index in [1.165, 1.54) is 6.07 Å². The number of benzene rings is 3. The number of hydrogen-bond acceptors (Lipinski definition) is 3. The molecule has 0 saturated heterocycles. The molecule has 0 aliphatic heterocycles. The van der Waals surface area contributed by atoms with E-state index < -0.39 is 5.63 Å². The minimum atomic E-state index is -0.422. The van der Waals surface area contributed by atoms with Gasteiger partial charge in [0.1, 0.15) is 5.58 Å². The number of rotatable bonds is 4. The lowest BCUT2D eigenvalue weighted by Gasteiger charge is -2.23. The van der Waals surface area contributed by atoms with Crippen LogP contribution >= 0.6 is 22.6 Å². The molecule has 158 valence electrons. The van der Waals surface area contributed by atoms with Crippen LogP contribution in [0, 0.1) is 15.4 Å². The van der Waals surface area contributed by atoms with Crippen molar-refractivity contribution in [3.63, 3.8) is 0 Å². The lowest BCUT2D eigenvalue weighted by molar-refractivity contribution is -0.117. The van der Waals surface area contributed by atoms with Crippen molar-refractivity contribution in [2.24, 2.45) is 0 Å². The number of nitrogens with zero attached hydrogens (tertiary/aromatic N) is 1. The van der Waals surface area contributed by atoms with E-state index in [-0.39, 0.29) is 5.91 Å². The topological polar surface area (TPSA) is 50.5 Å². The van der Waals surface area contributed by atoms with Crippen LogP contribution in [-0.4, -0.2) is 12.5 Å². The van der Waals surface area contributed by atoms with E-state index in [9.17, 15) is 9.59 Å². The van der Waals surface area contributed by atoms with Crippen molar-refractivity contribution in [2.75, 3.05) is 11.4 Å². The fourth-order valence-corrected chi connectivity index (χ4v) is 4.11. The van der Waals surface area contributed by atoms with Crippen molar-refractivity contribution in [3.8, 4) is 11.8 Å². The summed E-state index contributed by atoms with van der Waals surface area (Å²) in [6.07, 6.45) is 0.292. The second-order valence-corrected chi connectivity index (χ2v) is 8.31. The van der Waals surface area contributed by atoms with Crippen molar-refractivity contribution in [3.05, 3.63) is 110 Å². The van der Waals surface area contributed by atoms with Crippen LogP contribution in [0.3, 0.4) is 0 Å². The Balaban J connectivity index is 1.82. The fraction of sp³-hybridized carbons (Fsp3) is 0.111. The van der Waals surface area contributed by atoms with Crippen molar-refractivity contribution in [1.82, 2.24) is 0 Å². The molecule has 0 saturated carbocycles. The molecule has 0 fully saturated rings. The summed E-state index contributed by atoms with van der Waals surface area (Å²) in [6, 6.07) is 24.1. The highest BCUT2D eigenvalue weighted by Gasteiger charge is 2.20. The van der Waals surface area contributed by atoms with Crippen molar-refractivity contribution >= 4 is 45.2 Å². The molecular formula is C27H20INO3. The zero-order valence-electron chi connectivity index (χ0n) is 17.5. The summed E-state index contributed by atoms with van der Waals surface area (Å²) in [7, 11) is 0. The Morgan fingerprint density at radius 3 is 2.44 bits per heavy atom. The first-order chi connectivity index (χ1) is 15.6. The van der Waals surface area contributed by atoms with Gasteiger partial charge in [0.05, 0.1) is 17.7 Å². The van der Waals surface area contributed by atoms with Gasteiger partial charge >= 0.3 is 5.63 Å². The van der Waals surface area contributed by atoms with E-state index in [2.05, 4.69) is 34.4 Å². The summed E-state index contributed by atoms with van der Waals surface area (Å²) in [5.74, 6) is 6.39. The van der Waals surface area contributed by atoms with Gasteiger partial charge in [0.25, 0.3) is 0 Å². The third-order valence-corrected chi connectivity index (χ3v) is 6.15. The van der Waals surface area contributed by atoms with Crippen LogP contribution in [0.4, 0.5) is 5.69 Å². The van der Waals surface area contributed by atoms with Gasteiger partial charge in [-0.15, -0.1) is 0 Å². The molecular weight excluding hydrogens is 513 g/mol. The highest BCUT2D eigenvalue weighted by molar-refractivity contribution is 14.1. The van der Waals surface area contributed by atoms with Gasteiger partial charge in [-0.1, -0.05) is 48.2 Å². The SMILES string of the molecule is CCN(C(=O)Cc1ccccc1I)c1ccc2oc(=O)ccc2c1C#Cc1ccccc1. The summed E-state index contributed by atoms with van der Waals surface area (Å²) in [4.78, 5) is 26.8. The van der Waals surface area contributed by atoms with Gasteiger partial charge < -0.3 is 9.32 Å². The lowest BCUT2D eigenvalue weighted by Crippen LogP contribution is -2.32. The molecule has 5 heteroatoms. The average molecular weight is 533 g/mol. The molecule has 0 aliphatic carbocycles. The Kier molecular flexibility index (Phi) is 6.72. The van der Waals surface area contributed by atoms with Crippen molar-refractivity contribution < 1.29 is 9.21 Å². The molecule has 1 amide bonds. The number of likely N-dealkylation sites (N-methyl/N-ethyl adjacent to an activating group) is 1. The van der Waals surface area contributed by atoms with Gasteiger partial charge in [-0.2, -0.15) is 0 Å². The minimum absolute atomic E-state index is 0.0175. The number of fused-ring (bicyclic) bond motifs is 1. The zero-order chi connectivity index (χ0) is 22.5. The number of amides is 1. The Morgan fingerprint density at radius 1 is 0.938 bits per heavy atom. The Bertz CT molecular complexity index is 1400. The van der Waals surface area contributed by atoms with Crippen LogP contribution < -0.4 is 10.5 Å². The number of carbonyl (C=O) groups is 1. The molecule has 1 aromatic heterocycles. The molecule has 32 heavy (non-hydrogen) atoms. The molecule has 0 radical (unpaired) electrons. The number of halogens is 1. The maximum Gasteiger partial charge on any atom is 0.336 e. The quantitative estimate of drug-likeness (QED) is 0.201. The van der Waals surface area contributed by atoms with Gasteiger partial charge in [0.15, 0.2) is 0 Å². The van der Waals surface area contributed by atoms with E-state index in [0.717, 1.165) is 14.7 Å². The van der Waals surface area contributed by atoms with Gasteiger partial charge in [0, 0.05) is 27.1 Å². The average Bonchev–Trinajstić information content (AvgIpc) is 2.80. The summed E-state index contributed by atoms with van der Waals surface area (Å²) in [5, 5.41) is 0.700. The van der Waals surface area contributed by atoms with E-state index >= 15 is 0 Å². The predicted octanol–water partition coefficient (Wildman–Crippen LogP) is 5.39. The van der Waals surface area contributed by atoms with Crippen molar-refractivity contribution in [1.29, 1.82) is 0 Å². The van der Waals surface area contributed by atoms with Crippen LogP contribution in [0.25, 0.3) is 11.0 Å². The lowest BCUT2D eigenvalue weighted by atomic mass is 10.0. The maximum atomic E-state index is 13.3. The first-order valence-corrected chi connectivity index (χ1v) is 11.3. The molecule has 3 aromatic carbocycles. The van der Waals surface area contributed by atoms with Gasteiger partial charge in [-0.25, -0.2) is 4.79 Å². The van der Waals surface area contributed by atoms with Gasteiger partial charge in [-0.05, 0) is 71.5 Å². The third kappa shape index (κ3) is 4.76. The molecule has 0 unspecified atom stereocenters. The second-order valence-electron chi connectivity index (χ2n) is 7.15. The largest absolute Gasteiger partial charge is 0.423 e. The second kappa shape index (κ2) is 9.84. The highest BCUT2D eigenvalue weighted by atomic mass is 127. The van der Waals surface area contributed by atoms with Crippen LogP contribution in [0.2, 0.25) is 0 Å². The number of carbonyl (C=O) groups excluding carboxylic acids is 1. The Labute approximate surface area is 200 Å². The van der Waals surface area contributed by atoms with Gasteiger partial charge in [-0.3, -0.25) is 4.79 Å². The monoisotopic (exact) mass is 533 g/mol. The van der Waals surface area contributed by atoms with E-state index in [1.54, 1.807) is 23.1 Å². The van der Waals surface area contributed by atoms with Crippen LogP contribution in [0.1, 0.15) is 23.6 Å². The van der Waals surface area contributed by atoms with Gasteiger partial charge in [0.2, 0.25) is 5.91 Å². The first kappa shape index (κ1) is 21.8. The molecule has 4 nitrogen and oxygen atoms in total. The standard InChI is InChI=1S/C27H20INO3/c1-2-29(26(30)18-20-10-6-7-11-23(20)28)24-15-16-25-22(14-17-27(31)32-25)21(24)13-12-19-8-4-3-5-9-19/h3-11,14-17H,2,18H2,1H3. The van der Waals surface area contributed by atoms with E-state index in [1.807, 2.05) is 61.5 Å². The Morgan fingerprint density at radius 2 is 1.69 bits per heavy atom. The van der Waals surface area contributed by atoms with E-state index in [4.69, 9.17) is 4.42 Å². The molecule has 0 atom stereocenters. The maximum absolute atomic E-state index is 13.3. The van der Waals surface area contributed by atoms with E-state index in [0.29, 0.717) is 35.2 Å². The molecule has 0 aliphatic rings. The van der Waals surface area contributed by atoms with Crippen LogP contribution in [-0.2, 0) is 11.2 Å². The zero-order valence-corrected chi connectivity index (χ0v) is 19.6. The molecule has 0 bridgehead atoms. The minimum Gasteiger partial charge on any atom is -0.423 e. The molecule has 4 aromatic rings. The highest BCUT2D eigenvalue weighted by Crippen LogP contribution is 2.29. The normalized spacial score (nSPS) is 10.4. The summed E-state index contributed by atoms with van der Waals surface area (Å²) in [5.41, 5.74) is 3.23. The fourth-order valence-electron chi connectivity index (χ4n) is 3.53. The number of anilines is 1. The Hall–Kier alpha value is -3.37. The number of hydrogen-bond donors (Lipinski definition) is 0. The summed E-state index contributed by atoms with van der Waals surface area (Å²) < 4.78 is 6.42. The summed E-state index contributed by atoms with van der Waals surface area (Å²) >= 11 is 2.25. The molecule has 0 spiro atoms.